The average molecular weight is 339 g/mol. The molecule has 0 aromatic heterocycles. The predicted molar refractivity (Wildman–Crippen MR) is 85.9 cm³/mol. The average Bonchev–Trinajstić information content (AvgIpc) is 2.45. The largest absolute Gasteiger partial charge is 0.350 e. The summed E-state index contributed by atoms with van der Waals surface area (Å²) in [6.07, 6.45) is 2.59. The maximum absolute atomic E-state index is 12.2. The van der Waals surface area contributed by atoms with E-state index >= 15 is 0 Å². The van der Waals surface area contributed by atoms with Gasteiger partial charge in [-0.15, -0.1) is 0 Å². The van der Waals surface area contributed by atoms with E-state index < -0.39 is 0 Å². The number of benzene rings is 1. The topological polar surface area (TPSA) is 32.3 Å². The number of likely N-dealkylation sites (tertiary alicyclic amines) is 1. The number of hydrogen-bond acceptors (Lipinski definition) is 2. The van der Waals surface area contributed by atoms with Gasteiger partial charge in [0.1, 0.15) is 0 Å². The summed E-state index contributed by atoms with van der Waals surface area (Å²) < 4.78 is 0.844. The van der Waals surface area contributed by atoms with Gasteiger partial charge in [-0.2, -0.15) is 0 Å². The smallest absolute Gasteiger partial charge is 0.252 e. The number of nitrogens with zero attached hydrogens (tertiary/aromatic N) is 1. The first-order chi connectivity index (χ1) is 9.58. The van der Waals surface area contributed by atoms with E-state index in [2.05, 4.69) is 40.0 Å². The Kier molecular flexibility index (Phi) is 5.61. The van der Waals surface area contributed by atoms with Crippen LogP contribution in [0.3, 0.4) is 0 Å². The van der Waals surface area contributed by atoms with Gasteiger partial charge >= 0.3 is 0 Å². The molecule has 0 radical (unpaired) electrons. The van der Waals surface area contributed by atoms with Crippen molar-refractivity contribution in [3.8, 4) is 0 Å². The number of carbonyl (C=O) groups is 1. The summed E-state index contributed by atoms with van der Waals surface area (Å²) in [6.45, 7) is 7.49. The Morgan fingerprint density at radius 1 is 1.50 bits per heavy atom. The fraction of sp³-hybridized carbons (Fsp3) is 0.562. The standard InChI is InChI=1S/C16H23BrN2O/c1-12-6-5-9-19(11-12)13(2)10-18-16(20)14-7-3-4-8-15(14)17/h3-4,7-8,12-13H,5-6,9-11H2,1-2H3,(H,18,20)/t12-,13-/m0/s1. The molecule has 0 spiro atoms. The second kappa shape index (κ2) is 7.23. The van der Waals surface area contributed by atoms with Crippen molar-refractivity contribution in [1.82, 2.24) is 10.2 Å². The van der Waals surface area contributed by atoms with Gasteiger partial charge in [0.05, 0.1) is 5.56 Å². The van der Waals surface area contributed by atoms with Crippen LogP contribution in [0.2, 0.25) is 0 Å². The molecule has 0 unspecified atom stereocenters. The zero-order valence-corrected chi connectivity index (χ0v) is 13.8. The number of halogens is 1. The quantitative estimate of drug-likeness (QED) is 0.913. The highest BCUT2D eigenvalue weighted by Gasteiger charge is 2.21. The van der Waals surface area contributed by atoms with Crippen LogP contribution >= 0.6 is 15.9 Å². The van der Waals surface area contributed by atoms with Gasteiger partial charge in [-0.25, -0.2) is 0 Å². The zero-order chi connectivity index (χ0) is 14.5. The normalized spacial score (nSPS) is 21.4. The molecule has 1 amide bonds. The second-order valence-corrected chi connectivity index (χ2v) is 6.64. The molecule has 1 aliphatic rings. The minimum atomic E-state index is -0.00520. The molecule has 110 valence electrons. The van der Waals surface area contributed by atoms with E-state index in [0.29, 0.717) is 18.2 Å². The third kappa shape index (κ3) is 4.06. The summed E-state index contributed by atoms with van der Waals surface area (Å²) >= 11 is 3.42. The van der Waals surface area contributed by atoms with Crippen LogP contribution in [0.1, 0.15) is 37.0 Å². The molecule has 1 fully saturated rings. The van der Waals surface area contributed by atoms with Crippen molar-refractivity contribution in [3.05, 3.63) is 34.3 Å². The predicted octanol–water partition coefficient (Wildman–Crippen LogP) is 3.30. The Bertz CT molecular complexity index is 464. The van der Waals surface area contributed by atoms with Gasteiger partial charge in [0, 0.05) is 23.6 Å². The summed E-state index contributed by atoms with van der Waals surface area (Å²) in [5, 5.41) is 3.04. The monoisotopic (exact) mass is 338 g/mol. The lowest BCUT2D eigenvalue weighted by Gasteiger charge is -2.35. The van der Waals surface area contributed by atoms with Crippen LogP contribution < -0.4 is 5.32 Å². The fourth-order valence-corrected chi connectivity index (χ4v) is 3.20. The lowest BCUT2D eigenvalue weighted by molar-refractivity contribution is 0.0917. The summed E-state index contributed by atoms with van der Waals surface area (Å²) in [7, 11) is 0. The number of nitrogens with one attached hydrogen (secondary N) is 1. The fourth-order valence-electron chi connectivity index (χ4n) is 2.74. The first kappa shape index (κ1) is 15.5. The molecule has 1 aromatic carbocycles. The maximum Gasteiger partial charge on any atom is 0.252 e. The van der Waals surface area contributed by atoms with Crippen LogP contribution in [0.25, 0.3) is 0 Å². The van der Waals surface area contributed by atoms with Crippen LogP contribution in [0.5, 0.6) is 0 Å². The number of carbonyl (C=O) groups excluding carboxylic acids is 1. The van der Waals surface area contributed by atoms with Gasteiger partial charge in [-0.3, -0.25) is 9.69 Å². The molecule has 1 aliphatic heterocycles. The Morgan fingerprint density at radius 2 is 2.25 bits per heavy atom. The van der Waals surface area contributed by atoms with Gasteiger partial charge in [0.2, 0.25) is 0 Å². The molecule has 2 atom stereocenters. The van der Waals surface area contributed by atoms with Crippen LogP contribution in [0.15, 0.2) is 28.7 Å². The van der Waals surface area contributed by atoms with Crippen molar-refractivity contribution in [2.45, 2.75) is 32.7 Å². The summed E-state index contributed by atoms with van der Waals surface area (Å²) in [6, 6.07) is 7.93. The van der Waals surface area contributed by atoms with Gasteiger partial charge in [-0.1, -0.05) is 19.1 Å². The van der Waals surface area contributed by atoms with Crippen LogP contribution in [0, 0.1) is 5.92 Å². The van der Waals surface area contributed by atoms with E-state index in [9.17, 15) is 4.79 Å². The first-order valence-electron chi connectivity index (χ1n) is 7.34. The van der Waals surface area contributed by atoms with Gasteiger partial charge < -0.3 is 5.32 Å². The lowest BCUT2D eigenvalue weighted by Crippen LogP contribution is -2.46. The van der Waals surface area contributed by atoms with E-state index in [-0.39, 0.29) is 5.91 Å². The van der Waals surface area contributed by atoms with Gasteiger partial charge in [-0.05, 0) is 60.3 Å². The summed E-state index contributed by atoms with van der Waals surface area (Å²) in [5.41, 5.74) is 0.701. The van der Waals surface area contributed by atoms with E-state index in [1.54, 1.807) is 0 Å². The first-order valence-corrected chi connectivity index (χ1v) is 8.14. The minimum Gasteiger partial charge on any atom is -0.350 e. The van der Waals surface area contributed by atoms with Crippen molar-refractivity contribution in [2.75, 3.05) is 19.6 Å². The molecule has 1 aromatic rings. The Morgan fingerprint density at radius 3 is 2.95 bits per heavy atom. The second-order valence-electron chi connectivity index (χ2n) is 5.78. The molecule has 3 nitrogen and oxygen atoms in total. The zero-order valence-electron chi connectivity index (χ0n) is 12.2. The number of piperidine rings is 1. The van der Waals surface area contributed by atoms with Gasteiger partial charge in [0.15, 0.2) is 0 Å². The summed E-state index contributed by atoms with van der Waals surface area (Å²) in [4.78, 5) is 14.6. The van der Waals surface area contributed by atoms with E-state index in [1.165, 1.54) is 12.8 Å². The molecular weight excluding hydrogens is 316 g/mol. The van der Waals surface area contributed by atoms with E-state index in [4.69, 9.17) is 0 Å². The van der Waals surface area contributed by atoms with Gasteiger partial charge in [0.25, 0.3) is 5.91 Å². The molecule has 2 rings (SSSR count). The number of hydrogen-bond donors (Lipinski definition) is 1. The third-order valence-electron chi connectivity index (χ3n) is 3.99. The third-order valence-corrected chi connectivity index (χ3v) is 4.68. The highest BCUT2D eigenvalue weighted by molar-refractivity contribution is 9.10. The van der Waals surface area contributed by atoms with Crippen molar-refractivity contribution in [2.24, 2.45) is 5.92 Å². The maximum atomic E-state index is 12.2. The van der Waals surface area contributed by atoms with Crippen molar-refractivity contribution in [3.63, 3.8) is 0 Å². The lowest BCUT2D eigenvalue weighted by atomic mass is 9.99. The SMILES string of the molecule is C[C@H]1CCCN([C@@H](C)CNC(=O)c2ccccc2Br)C1. The Balaban J connectivity index is 1.85. The van der Waals surface area contributed by atoms with Crippen molar-refractivity contribution < 1.29 is 4.79 Å². The minimum absolute atomic E-state index is 0.00520. The molecule has 0 aliphatic carbocycles. The Labute approximate surface area is 129 Å². The molecule has 1 saturated heterocycles. The molecule has 0 bridgehead atoms. The van der Waals surface area contributed by atoms with Crippen LogP contribution in [-0.2, 0) is 0 Å². The van der Waals surface area contributed by atoms with E-state index in [0.717, 1.165) is 23.5 Å². The molecule has 0 saturated carbocycles. The van der Waals surface area contributed by atoms with Crippen LogP contribution in [-0.4, -0.2) is 36.5 Å². The van der Waals surface area contributed by atoms with E-state index in [1.807, 2.05) is 24.3 Å². The van der Waals surface area contributed by atoms with Crippen LogP contribution in [0.4, 0.5) is 0 Å². The molecule has 4 heteroatoms. The molecule has 1 N–H and O–H groups in total. The molecule has 20 heavy (non-hydrogen) atoms. The van der Waals surface area contributed by atoms with Crippen molar-refractivity contribution in [1.29, 1.82) is 0 Å². The number of rotatable bonds is 4. The molecular formula is C16H23BrN2O. The summed E-state index contributed by atoms with van der Waals surface area (Å²) in [5.74, 6) is 0.763. The molecule has 1 heterocycles. The Hall–Kier alpha value is -0.870. The number of amides is 1. The highest BCUT2D eigenvalue weighted by Crippen LogP contribution is 2.18. The van der Waals surface area contributed by atoms with Crippen molar-refractivity contribution >= 4 is 21.8 Å². The highest BCUT2D eigenvalue weighted by atomic mass is 79.9.